The van der Waals surface area contributed by atoms with Crippen molar-refractivity contribution in [3.63, 3.8) is 0 Å². The van der Waals surface area contributed by atoms with Crippen molar-refractivity contribution in [2.75, 3.05) is 44.0 Å². The molecule has 3 N–H and O–H groups in total. The molecule has 37 heavy (non-hydrogen) atoms. The van der Waals surface area contributed by atoms with E-state index in [4.69, 9.17) is 16.3 Å². The van der Waals surface area contributed by atoms with Crippen molar-refractivity contribution in [2.24, 2.45) is 5.92 Å². The molecule has 2 aromatic carbocycles. The van der Waals surface area contributed by atoms with E-state index < -0.39 is 5.82 Å². The summed E-state index contributed by atoms with van der Waals surface area (Å²) >= 11 is 5.92. The third kappa shape index (κ3) is 6.35. The highest BCUT2D eigenvalue weighted by atomic mass is 35.5. The fourth-order valence-corrected chi connectivity index (χ4v) is 4.55. The molecule has 1 saturated heterocycles. The first-order chi connectivity index (χ1) is 17.9. The van der Waals surface area contributed by atoms with Crippen LogP contribution in [0.2, 0.25) is 5.02 Å². The predicted molar refractivity (Wildman–Crippen MR) is 142 cm³/mol. The minimum absolute atomic E-state index is 0.0558. The van der Waals surface area contributed by atoms with E-state index in [9.17, 15) is 19.6 Å². The Kier molecular flexibility index (Phi) is 8.56. The van der Waals surface area contributed by atoms with Gasteiger partial charge < -0.3 is 20.5 Å². The van der Waals surface area contributed by atoms with Gasteiger partial charge in [0.05, 0.1) is 34.6 Å². The average Bonchev–Trinajstić information content (AvgIpc) is 2.90. The van der Waals surface area contributed by atoms with Gasteiger partial charge in [0.2, 0.25) is 5.91 Å². The smallest absolute Gasteiger partial charge is 0.248 e. The van der Waals surface area contributed by atoms with Crippen molar-refractivity contribution < 1.29 is 19.0 Å². The van der Waals surface area contributed by atoms with Gasteiger partial charge in [-0.25, -0.2) is 4.39 Å². The number of nitriles is 1. The van der Waals surface area contributed by atoms with Gasteiger partial charge in [-0.2, -0.15) is 5.26 Å². The summed E-state index contributed by atoms with van der Waals surface area (Å²) in [6.07, 6.45) is 6.74. The van der Waals surface area contributed by atoms with Crippen LogP contribution in [0.25, 0.3) is 10.9 Å². The summed E-state index contributed by atoms with van der Waals surface area (Å²) in [5.41, 5.74) is 2.12. The number of piperidine rings is 1. The highest BCUT2D eigenvalue weighted by Gasteiger charge is 2.18. The third-order valence-electron chi connectivity index (χ3n) is 6.25. The summed E-state index contributed by atoms with van der Waals surface area (Å²) in [4.78, 5) is 19.3. The van der Waals surface area contributed by atoms with E-state index in [1.807, 2.05) is 0 Å². The van der Waals surface area contributed by atoms with Crippen LogP contribution in [0.5, 0.6) is 5.75 Å². The number of anilines is 3. The maximum absolute atomic E-state index is 13.6. The van der Waals surface area contributed by atoms with E-state index in [0.29, 0.717) is 40.3 Å². The summed E-state index contributed by atoms with van der Waals surface area (Å²) in [6, 6.07) is 9.62. The minimum Gasteiger partial charge on any atom is -0.494 e. The number of ether oxygens (including phenoxy) is 1. The van der Waals surface area contributed by atoms with E-state index >= 15 is 0 Å². The molecule has 1 aliphatic rings. The molecule has 8 nitrogen and oxygen atoms in total. The number of aliphatic hydroxyl groups excluding tert-OH is 1. The molecule has 0 aliphatic carbocycles. The lowest BCUT2D eigenvalue weighted by Crippen LogP contribution is -2.36. The van der Waals surface area contributed by atoms with E-state index in [0.717, 1.165) is 25.9 Å². The van der Waals surface area contributed by atoms with Crippen molar-refractivity contribution in [2.45, 2.75) is 12.8 Å². The molecule has 1 amide bonds. The van der Waals surface area contributed by atoms with Crippen LogP contribution in [0.1, 0.15) is 18.4 Å². The summed E-state index contributed by atoms with van der Waals surface area (Å²) in [6.45, 7) is 2.53. The normalized spacial score (nSPS) is 16.0. The molecule has 0 spiro atoms. The molecule has 1 unspecified atom stereocenters. The van der Waals surface area contributed by atoms with Crippen molar-refractivity contribution in [1.29, 1.82) is 5.26 Å². The largest absolute Gasteiger partial charge is 0.494 e. The maximum atomic E-state index is 13.6. The zero-order valence-corrected chi connectivity index (χ0v) is 21.1. The van der Waals surface area contributed by atoms with Crippen LogP contribution < -0.4 is 15.4 Å². The van der Waals surface area contributed by atoms with Gasteiger partial charge in [0, 0.05) is 49.1 Å². The number of carbonyl (C=O) groups is 1. The summed E-state index contributed by atoms with van der Waals surface area (Å²) in [5, 5.41) is 25.5. The van der Waals surface area contributed by atoms with E-state index in [1.54, 1.807) is 18.2 Å². The molecule has 192 valence electrons. The molecule has 1 aromatic heterocycles. The number of hydrogen-bond acceptors (Lipinski definition) is 7. The number of carbonyl (C=O) groups excluding carboxylic acids is 1. The zero-order valence-electron chi connectivity index (χ0n) is 20.3. The Hall–Kier alpha value is -3.71. The molecule has 0 saturated carbocycles. The number of likely N-dealkylation sites (tertiary alicyclic amines) is 1. The second-order valence-corrected chi connectivity index (χ2v) is 9.23. The highest BCUT2D eigenvalue weighted by molar-refractivity contribution is 6.31. The molecule has 3 aromatic rings. The van der Waals surface area contributed by atoms with Gasteiger partial charge in [0.15, 0.2) is 0 Å². The van der Waals surface area contributed by atoms with E-state index in [2.05, 4.69) is 26.6 Å². The van der Waals surface area contributed by atoms with Gasteiger partial charge in [-0.3, -0.25) is 14.7 Å². The van der Waals surface area contributed by atoms with Gasteiger partial charge in [-0.05, 0) is 49.6 Å². The zero-order chi connectivity index (χ0) is 26.4. The van der Waals surface area contributed by atoms with Crippen molar-refractivity contribution >= 4 is 45.5 Å². The Bertz CT molecular complexity index is 1370. The van der Waals surface area contributed by atoms with Crippen LogP contribution in [0.4, 0.5) is 21.5 Å². The first kappa shape index (κ1) is 26.4. The maximum Gasteiger partial charge on any atom is 0.248 e. The summed E-state index contributed by atoms with van der Waals surface area (Å²) < 4.78 is 19.1. The Balaban J connectivity index is 1.58. The van der Waals surface area contributed by atoms with Gasteiger partial charge in [-0.1, -0.05) is 17.7 Å². The lowest BCUT2D eigenvalue weighted by molar-refractivity contribution is -0.111. The minimum atomic E-state index is -0.552. The molecule has 2 heterocycles. The fraction of sp³-hybridized carbons (Fsp3) is 0.296. The van der Waals surface area contributed by atoms with Gasteiger partial charge in [0.25, 0.3) is 0 Å². The highest BCUT2D eigenvalue weighted by Crippen LogP contribution is 2.36. The number of rotatable bonds is 8. The number of nitrogens with zero attached hydrogens (tertiary/aromatic N) is 3. The number of fused-ring (bicyclic) bond motifs is 1. The lowest BCUT2D eigenvalue weighted by atomic mass is 9.99. The monoisotopic (exact) mass is 523 g/mol. The molecule has 4 rings (SSSR count). The van der Waals surface area contributed by atoms with Gasteiger partial charge in [0.1, 0.15) is 17.6 Å². The van der Waals surface area contributed by atoms with Gasteiger partial charge >= 0.3 is 0 Å². The quantitative estimate of drug-likeness (QED) is 0.362. The van der Waals surface area contributed by atoms with E-state index in [1.165, 1.54) is 37.6 Å². The topological polar surface area (TPSA) is 111 Å². The average molecular weight is 524 g/mol. The standard InChI is InChI=1S/C27H27ClFN5O3/c1-37-25-12-23-20(27(18(13-30)14-31-23)32-19-6-7-22(29)21(28)10-19)11-24(25)33-26(36)5-3-9-34-8-2-4-17(15-34)16-35/h3,5-7,10-12,14,17,35H,2,4,8-9,15-16H2,1H3,(H,31,32)(H,33,36). The second-order valence-electron chi connectivity index (χ2n) is 8.82. The Morgan fingerprint density at radius 2 is 2.24 bits per heavy atom. The number of benzene rings is 2. The third-order valence-corrected chi connectivity index (χ3v) is 6.54. The molecule has 0 bridgehead atoms. The summed E-state index contributed by atoms with van der Waals surface area (Å²) in [7, 11) is 1.49. The Morgan fingerprint density at radius 1 is 1.41 bits per heavy atom. The summed E-state index contributed by atoms with van der Waals surface area (Å²) in [5.74, 6) is -0.205. The van der Waals surface area contributed by atoms with Crippen LogP contribution in [0.3, 0.4) is 0 Å². The van der Waals surface area contributed by atoms with Crippen molar-refractivity contribution in [3.05, 3.63) is 65.1 Å². The van der Waals surface area contributed by atoms with Gasteiger partial charge in [-0.15, -0.1) is 0 Å². The number of aliphatic hydroxyl groups is 1. The fourth-order valence-electron chi connectivity index (χ4n) is 4.37. The Labute approximate surface area is 219 Å². The van der Waals surface area contributed by atoms with Crippen LogP contribution in [0, 0.1) is 23.1 Å². The molecular weight excluding hydrogens is 497 g/mol. The molecule has 1 fully saturated rings. The molecule has 1 aliphatic heterocycles. The number of methoxy groups -OCH3 is 1. The number of pyridine rings is 1. The molecule has 0 radical (unpaired) electrons. The van der Waals surface area contributed by atoms with Crippen LogP contribution >= 0.6 is 11.6 Å². The SMILES string of the molecule is COc1cc2ncc(C#N)c(Nc3ccc(F)c(Cl)c3)c2cc1NC(=O)C=CCN1CCCC(CO)C1. The van der Waals surface area contributed by atoms with Crippen molar-refractivity contribution in [3.8, 4) is 11.8 Å². The lowest BCUT2D eigenvalue weighted by Gasteiger charge is -2.30. The molecule has 10 heteroatoms. The number of nitrogens with one attached hydrogen (secondary N) is 2. The van der Waals surface area contributed by atoms with Crippen molar-refractivity contribution in [1.82, 2.24) is 9.88 Å². The number of halogens is 2. The van der Waals surface area contributed by atoms with Crippen LogP contribution in [0.15, 0.2) is 48.7 Å². The number of hydrogen-bond donors (Lipinski definition) is 3. The first-order valence-corrected chi connectivity index (χ1v) is 12.2. The number of aromatic nitrogens is 1. The molecule has 1 atom stereocenters. The first-order valence-electron chi connectivity index (χ1n) is 11.9. The second kappa shape index (κ2) is 12.0. The van der Waals surface area contributed by atoms with E-state index in [-0.39, 0.29) is 29.0 Å². The number of amides is 1. The Morgan fingerprint density at radius 3 is 2.97 bits per heavy atom. The molecular formula is C27H27ClFN5O3. The van der Waals surface area contributed by atoms with Crippen LogP contribution in [-0.2, 0) is 4.79 Å². The van der Waals surface area contributed by atoms with Crippen LogP contribution in [-0.4, -0.2) is 54.2 Å². The predicted octanol–water partition coefficient (Wildman–Crippen LogP) is 4.85.